The Hall–Kier alpha value is -3.71. The molecule has 3 aliphatic heterocycles. The molecular formula is C23H24N6O3. The van der Waals surface area contributed by atoms with E-state index in [1.54, 1.807) is 4.90 Å². The number of carbonyl (C=O) groups excluding carboxylic acids is 2. The van der Waals surface area contributed by atoms with E-state index in [1.807, 2.05) is 43.3 Å². The molecule has 9 nitrogen and oxygen atoms in total. The van der Waals surface area contributed by atoms with Gasteiger partial charge in [-0.3, -0.25) is 9.69 Å². The van der Waals surface area contributed by atoms with Crippen LogP contribution in [0.15, 0.2) is 47.6 Å². The first-order valence-electron chi connectivity index (χ1n) is 10.6. The van der Waals surface area contributed by atoms with Gasteiger partial charge in [-0.2, -0.15) is 0 Å². The molecule has 5 rings (SSSR count). The Kier molecular flexibility index (Phi) is 4.53. The van der Waals surface area contributed by atoms with Gasteiger partial charge >= 0.3 is 6.09 Å². The van der Waals surface area contributed by atoms with Gasteiger partial charge in [0.15, 0.2) is 0 Å². The highest BCUT2D eigenvalue weighted by atomic mass is 16.5. The Morgan fingerprint density at radius 2 is 2.09 bits per heavy atom. The second-order valence-electron chi connectivity index (χ2n) is 8.59. The number of aryl methyl sites for hydroxylation is 1. The molecule has 2 N–H and O–H groups in total. The molecule has 2 amide bonds. The molecule has 0 aliphatic carbocycles. The number of ether oxygens (including phenoxy) is 1. The minimum Gasteiger partial charge on any atom is -0.453 e. The second kappa shape index (κ2) is 7.17. The number of rotatable bonds is 4. The van der Waals surface area contributed by atoms with Crippen molar-refractivity contribution in [2.75, 3.05) is 30.8 Å². The fraction of sp³-hybridized carbons (Fsp3) is 0.391. The summed E-state index contributed by atoms with van der Waals surface area (Å²) in [4.78, 5) is 31.2. The summed E-state index contributed by atoms with van der Waals surface area (Å²) in [6.07, 6.45) is -0.0330. The van der Waals surface area contributed by atoms with Gasteiger partial charge in [0.25, 0.3) is 0 Å². The number of fused-ring (bicyclic) bond motifs is 4. The standard InChI is InChI=1S/C23H24N6O3/c1-14-7-8-16-18(13-14)26-19-22(16,10-12-29(19)21(31)32-2)23(9-11-25-28-24)15-5-3-4-6-17(15)27-20(23)30/h3-8,13,19,26H,9-12H2,1-2H3,(H,27,30)/t19-,22?,23-/m1/s1. The number of para-hydroxylation sites is 1. The van der Waals surface area contributed by atoms with Crippen molar-refractivity contribution in [1.29, 1.82) is 0 Å². The lowest BCUT2D eigenvalue weighted by Gasteiger charge is -2.46. The Balaban J connectivity index is 1.80. The molecule has 164 valence electrons. The molecule has 3 heterocycles. The van der Waals surface area contributed by atoms with Crippen molar-refractivity contribution in [3.63, 3.8) is 0 Å². The Morgan fingerprint density at radius 1 is 1.28 bits per heavy atom. The fourth-order valence-corrected chi connectivity index (χ4v) is 6.11. The highest BCUT2D eigenvalue weighted by molar-refractivity contribution is 6.08. The Bertz CT molecular complexity index is 1180. The summed E-state index contributed by atoms with van der Waals surface area (Å²) in [5, 5.41) is 10.4. The van der Waals surface area contributed by atoms with E-state index < -0.39 is 23.1 Å². The summed E-state index contributed by atoms with van der Waals surface area (Å²) in [7, 11) is 1.36. The zero-order valence-corrected chi connectivity index (χ0v) is 18.0. The molecule has 1 unspecified atom stereocenters. The van der Waals surface area contributed by atoms with E-state index in [-0.39, 0.29) is 12.5 Å². The van der Waals surface area contributed by atoms with Crippen LogP contribution in [-0.2, 0) is 20.4 Å². The Morgan fingerprint density at radius 3 is 2.88 bits per heavy atom. The van der Waals surface area contributed by atoms with E-state index in [0.29, 0.717) is 19.4 Å². The number of benzene rings is 2. The van der Waals surface area contributed by atoms with Crippen molar-refractivity contribution in [2.24, 2.45) is 5.11 Å². The zero-order chi connectivity index (χ0) is 22.5. The first-order chi connectivity index (χ1) is 15.5. The molecule has 9 heteroatoms. The average molecular weight is 432 g/mol. The third kappa shape index (κ3) is 2.42. The van der Waals surface area contributed by atoms with Crippen molar-refractivity contribution in [3.8, 4) is 0 Å². The normalized spacial score (nSPS) is 27.0. The number of amides is 2. The van der Waals surface area contributed by atoms with Gasteiger partial charge < -0.3 is 15.4 Å². The monoisotopic (exact) mass is 432 g/mol. The molecule has 3 atom stereocenters. The highest BCUT2D eigenvalue weighted by Gasteiger charge is 2.70. The summed E-state index contributed by atoms with van der Waals surface area (Å²) in [5.74, 6) is -0.140. The SMILES string of the molecule is COC(=O)N1CCC2([C@@]3(CCN=[N+]=[N-])C(=O)Nc4ccccc43)c3ccc(C)cc3N[C@H]12. The van der Waals surface area contributed by atoms with Crippen LogP contribution in [0.4, 0.5) is 16.2 Å². The number of hydrogen-bond acceptors (Lipinski definition) is 5. The third-order valence-electron chi connectivity index (χ3n) is 7.32. The van der Waals surface area contributed by atoms with Crippen molar-refractivity contribution >= 4 is 23.4 Å². The summed E-state index contributed by atoms with van der Waals surface area (Å²) >= 11 is 0. The molecular weight excluding hydrogens is 408 g/mol. The maximum atomic E-state index is 13.9. The number of nitrogens with one attached hydrogen (secondary N) is 2. The highest BCUT2D eigenvalue weighted by Crippen LogP contribution is 2.63. The number of likely N-dealkylation sites (tertiary alicyclic amines) is 1. The van der Waals surface area contributed by atoms with E-state index in [0.717, 1.165) is 28.1 Å². The van der Waals surface area contributed by atoms with E-state index in [4.69, 9.17) is 10.3 Å². The molecule has 1 saturated heterocycles. The number of azide groups is 1. The van der Waals surface area contributed by atoms with Gasteiger partial charge in [-0.25, -0.2) is 4.79 Å². The maximum absolute atomic E-state index is 13.9. The molecule has 3 aliphatic rings. The average Bonchev–Trinajstić information content (AvgIpc) is 3.40. The molecule has 0 radical (unpaired) electrons. The van der Waals surface area contributed by atoms with Gasteiger partial charge in [-0.15, -0.1) is 0 Å². The largest absolute Gasteiger partial charge is 0.453 e. The quantitative estimate of drug-likeness (QED) is 0.430. The number of anilines is 2. The van der Waals surface area contributed by atoms with Crippen LogP contribution in [0.3, 0.4) is 0 Å². The maximum Gasteiger partial charge on any atom is 0.411 e. The number of nitrogens with zero attached hydrogens (tertiary/aromatic N) is 4. The van der Waals surface area contributed by atoms with Gasteiger partial charge in [0.2, 0.25) is 5.91 Å². The summed E-state index contributed by atoms with van der Waals surface area (Å²) in [6, 6.07) is 13.8. The lowest BCUT2D eigenvalue weighted by atomic mass is 9.55. The molecule has 32 heavy (non-hydrogen) atoms. The molecule has 0 spiro atoms. The van der Waals surface area contributed by atoms with Gasteiger partial charge in [-0.05, 0) is 54.1 Å². The Labute approximate surface area is 185 Å². The third-order valence-corrected chi connectivity index (χ3v) is 7.32. The first kappa shape index (κ1) is 20.2. The van der Waals surface area contributed by atoms with E-state index in [9.17, 15) is 9.59 Å². The van der Waals surface area contributed by atoms with Crippen LogP contribution in [0, 0.1) is 6.92 Å². The van der Waals surface area contributed by atoms with Crippen LogP contribution >= 0.6 is 0 Å². The van der Waals surface area contributed by atoms with Crippen molar-refractivity contribution in [2.45, 2.75) is 36.8 Å². The lowest BCUT2D eigenvalue weighted by molar-refractivity contribution is -0.124. The second-order valence-corrected chi connectivity index (χ2v) is 8.59. The summed E-state index contributed by atoms with van der Waals surface area (Å²) < 4.78 is 5.08. The van der Waals surface area contributed by atoms with Crippen molar-refractivity contribution in [1.82, 2.24) is 4.90 Å². The van der Waals surface area contributed by atoms with E-state index >= 15 is 0 Å². The molecule has 0 bridgehead atoms. The van der Waals surface area contributed by atoms with Crippen LogP contribution < -0.4 is 10.6 Å². The minimum absolute atomic E-state index is 0.140. The first-order valence-corrected chi connectivity index (χ1v) is 10.6. The van der Waals surface area contributed by atoms with Crippen LogP contribution in [0.2, 0.25) is 0 Å². The molecule has 0 aromatic heterocycles. The van der Waals surface area contributed by atoms with Gasteiger partial charge in [0.05, 0.1) is 17.9 Å². The van der Waals surface area contributed by atoms with Crippen LogP contribution in [0.25, 0.3) is 10.4 Å². The van der Waals surface area contributed by atoms with Crippen LogP contribution in [0.1, 0.15) is 29.5 Å². The number of carbonyl (C=O) groups is 2. The van der Waals surface area contributed by atoms with Gasteiger partial charge in [0.1, 0.15) is 6.17 Å². The zero-order valence-electron chi connectivity index (χ0n) is 18.0. The smallest absolute Gasteiger partial charge is 0.411 e. The fourth-order valence-electron chi connectivity index (χ4n) is 6.11. The molecule has 0 saturated carbocycles. The lowest BCUT2D eigenvalue weighted by Crippen LogP contribution is -2.60. The summed E-state index contributed by atoms with van der Waals surface area (Å²) in [6.45, 7) is 2.61. The van der Waals surface area contributed by atoms with Crippen LogP contribution in [-0.4, -0.2) is 43.3 Å². The van der Waals surface area contributed by atoms with E-state index in [1.165, 1.54) is 7.11 Å². The minimum atomic E-state index is -1.03. The van der Waals surface area contributed by atoms with Gasteiger partial charge in [0, 0.05) is 29.4 Å². The van der Waals surface area contributed by atoms with Crippen molar-refractivity contribution < 1.29 is 14.3 Å². The van der Waals surface area contributed by atoms with E-state index in [2.05, 4.69) is 26.7 Å². The number of hydrogen-bond donors (Lipinski definition) is 2. The molecule has 1 fully saturated rings. The predicted molar refractivity (Wildman–Crippen MR) is 119 cm³/mol. The predicted octanol–water partition coefficient (Wildman–Crippen LogP) is 4.05. The summed E-state index contributed by atoms with van der Waals surface area (Å²) in [5.41, 5.74) is 11.8. The topological polar surface area (TPSA) is 119 Å². The van der Waals surface area contributed by atoms with Crippen LogP contribution in [0.5, 0.6) is 0 Å². The molecule has 2 aromatic carbocycles. The van der Waals surface area contributed by atoms with Crippen molar-refractivity contribution in [3.05, 3.63) is 69.6 Å². The number of methoxy groups -OCH3 is 1. The molecule has 2 aromatic rings. The van der Waals surface area contributed by atoms with Gasteiger partial charge in [-0.1, -0.05) is 35.4 Å².